The standard InChI is InChI=1S/C25H28N4O3/c1-17(2)16-22(30)28-14-12-18(13-15-28)26-24(31)23-20-10-6-7-11-21(20)25(32)29(27-23)19-8-4-3-5-9-19/h3-11,17-18H,12-16H2,1-2H3,(H,26,31). The fraction of sp³-hybridized carbons (Fsp3) is 0.360. The summed E-state index contributed by atoms with van der Waals surface area (Å²) in [5.41, 5.74) is 0.567. The lowest BCUT2D eigenvalue weighted by molar-refractivity contribution is -0.133. The molecule has 1 aromatic heterocycles. The number of fused-ring (bicyclic) bond motifs is 1. The molecule has 4 rings (SSSR count). The highest BCUT2D eigenvalue weighted by Gasteiger charge is 2.26. The summed E-state index contributed by atoms with van der Waals surface area (Å²) in [6.07, 6.45) is 1.95. The summed E-state index contributed by atoms with van der Waals surface area (Å²) in [5, 5.41) is 8.49. The van der Waals surface area contributed by atoms with Crippen LogP contribution in [0.5, 0.6) is 0 Å². The van der Waals surface area contributed by atoms with Crippen molar-refractivity contribution in [2.24, 2.45) is 5.92 Å². The van der Waals surface area contributed by atoms with Gasteiger partial charge in [-0.15, -0.1) is 0 Å². The summed E-state index contributed by atoms with van der Waals surface area (Å²) in [6.45, 7) is 5.34. The maximum atomic E-state index is 13.2. The molecule has 0 bridgehead atoms. The fourth-order valence-electron chi connectivity index (χ4n) is 4.11. The minimum absolute atomic E-state index is 0.0386. The molecule has 2 amide bonds. The van der Waals surface area contributed by atoms with E-state index in [1.54, 1.807) is 36.4 Å². The molecule has 1 aliphatic heterocycles. The molecule has 0 aliphatic carbocycles. The van der Waals surface area contributed by atoms with E-state index in [0.717, 1.165) is 0 Å². The first kappa shape index (κ1) is 21.7. The summed E-state index contributed by atoms with van der Waals surface area (Å²) in [5.74, 6) is 0.199. The number of carbonyl (C=O) groups is 2. The van der Waals surface area contributed by atoms with Crippen LogP contribution < -0.4 is 10.9 Å². The molecule has 0 saturated carbocycles. The van der Waals surface area contributed by atoms with Gasteiger partial charge in [0.1, 0.15) is 0 Å². The highest BCUT2D eigenvalue weighted by Crippen LogP contribution is 2.18. The van der Waals surface area contributed by atoms with E-state index in [0.29, 0.717) is 54.7 Å². The van der Waals surface area contributed by atoms with E-state index >= 15 is 0 Å². The van der Waals surface area contributed by atoms with E-state index in [1.165, 1.54) is 4.68 Å². The molecule has 7 nitrogen and oxygen atoms in total. The zero-order valence-corrected chi connectivity index (χ0v) is 18.5. The average Bonchev–Trinajstić information content (AvgIpc) is 2.80. The molecule has 1 N–H and O–H groups in total. The monoisotopic (exact) mass is 432 g/mol. The van der Waals surface area contributed by atoms with Crippen LogP contribution in [0.4, 0.5) is 0 Å². The Morgan fingerprint density at radius 1 is 1.00 bits per heavy atom. The number of hydrogen-bond donors (Lipinski definition) is 1. The Kier molecular flexibility index (Phi) is 6.35. The number of nitrogens with zero attached hydrogens (tertiary/aromatic N) is 3. The molecule has 7 heteroatoms. The molecular formula is C25H28N4O3. The van der Waals surface area contributed by atoms with Gasteiger partial charge in [-0.25, -0.2) is 0 Å². The highest BCUT2D eigenvalue weighted by molar-refractivity contribution is 6.05. The van der Waals surface area contributed by atoms with Gasteiger partial charge in [-0.1, -0.05) is 50.2 Å². The lowest BCUT2D eigenvalue weighted by Crippen LogP contribution is -2.47. The first-order valence-corrected chi connectivity index (χ1v) is 11.1. The molecule has 0 radical (unpaired) electrons. The number of amides is 2. The van der Waals surface area contributed by atoms with Crippen molar-refractivity contribution >= 4 is 22.6 Å². The molecule has 1 fully saturated rings. The van der Waals surface area contributed by atoms with Gasteiger partial charge in [-0.05, 0) is 37.0 Å². The van der Waals surface area contributed by atoms with Gasteiger partial charge in [0.2, 0.25) is 5.91 Å². The van der Waals surface area contributed by atoms with Gasteiger partial charge in [-0.3, -0.25) is 14.4 Å². The van der Waals surface area contributed by atoms with Crippen molar-refractivity contribution in [1.29, 1.82) is 0 Å². The van der Waals surface area contributed by atoms with Gasteiger partial charge < -0.3 is 10.2 Å². The second-order valence-electron chi connectivity index (χ2n) is 8.67. The van der Waals surface area contributed by atoms with Gasteiger partial charge in [0, 0.05) is 30.9 Å². The summed E-state index contributed by atoms with van der Waals surface area (Å²) in [4.78, 5) is 40.4. The Balaban J connectivity index is 1.56. The highest BCUT2D eigenvalue weighted by atomic mass is 16.2. The minimum Gasteiger partial charge on any atom is -0.348 e. The number of aromatic nitrogens is 2. The first-order chi connectivity index (χ1) is 15.4. The van der Waals surface area contributed by atoms with E-state index in [-0.39, 0.29) is 29.1 Å². The molecule has 0 spiro atoms. The summed E-state index contributed by atoms with van der Waals surface area (Å²) in [7, 11) is 0. The zero-order chi connectivity index (χ0) is 22.7. The first-order valence-electron chi connectivity index (χ1n) is 11.1. The van der Waals surface area contributed by atoms with Crippen molar-refractivity contribution in [1.82, 2.24) is 20.0 Å². The number of para-hydroxylation sites is 1. The van der Waals surface area contributed by atoms with Crippen molar-refractivity contribution in [2.75, 3.05) is 13.1 Å². The van der Waals surface area contributed by atoms with Crippen LogP contribution >= 0.6 is 0 Å². The van der Waals surface area contributed by atoms with Crippen LogP contribution in [-0.4, -0.2) is 45.6 Å². The number of piperidine rings is 1. The topological polar surface area (TPSA) is 84.3 Å². The molecule has 1 aliphatic rings. The normalized spacial score (nSPS) is 14.7. The lowest BCUT2D eigenvalue weighted by atomic mass is 10.0. The second kappa shape index (κ2) is 9.34. The Morgan fingerprint density at radius 3 is 2.28 bits per heavy atom. The van der Waals surface area contributed by atoms with Crippen molar-refractivity contribution < 1.29 is 9.59 Å². The fourth-order valence-corrected chi connectivity index (χ4v) is 4.11. The zero-order valence-electron chi connectivity index (χ0n) is 18.5. The van der Waals surface area contributed by atoms with E-state index < -0.39 is 0 Å². The molecule has 1 saturated heterocycles. The van der Waals surface area contributed by atoms with Crippen LogP contribution in [0.2, 0.25) is 0 Å². The lowest BCUT2D eigenvalue weighted by Gasteiger charge is -2.32. The number of nitrogens with one attached hydrogen (secondary N) is 1. The van der Waals surface area contributed by atoms with Crippen LogP contribution in [0.1, 0.15) is 43.6 Å². The maximum Gasteiger partial charge on any atom is 0.279 e. The molecule has 0 atom stereocenters. The van der Waals surface area contributed by atoms with Gasteiger partial charge >= 0.3 is 0 Å². The van der Waals surface area contributed by atoms with Crippen LogP contribution in [0.25, 0.3) is 16.5 Å². The van der Waals surface area contributed by atoms with Gasteiger partial charge in [0.25, 0.3) is 11.5 Å². The van der Waals surface area contributed by atoms with Crippen molar-refractivity contribution in [3.05, 3.63) is 70.6 Å². The van der Waals surface area contributed by atoms with Crippen LogP contribution in [0, 0.1) is 5.92 Å². The van der Waals surface area contributed by atoms with E-state index in [1.807, 2.05) is 36.9 Å². The molecule has 32 heavy (non-hydrogen) atoms. The largest absolute Gasteiger partial charge is 0.348 e. The Morgan fingerprint density at radius 2 is 1.62 bits per heavy atom. The maximum absolute atomic E-state index is 13.2. The molecule has 2 aromatic carbocycles. The smallest absolute Gasteiger partial charge is 0.279 e. The second-order valence-corrected chi connectivity index (χ2v) is 8.67. The van der Waals surface area contributed by atoms with E-state index in [2.05, 4.69) is 10.4 Å². The van der Waals surface area contributed by atoms with Crippen molar-refractivity contribution in [3.8, 4) is 5.69 Å². The number of benzene rings is 2. The summed E-state index contributed by atoms with van der Waals surface area (Å²) < 4.78 is 1.28. The third-order valence-electron chi connectivity index (χ3n) is 5.79. The molecule has 0 unspecified atom stereocenters. The van der Waals surface area contributed by atoms with E-state index in [4.69, 9.17) is 0 Å². The van der Waals surface area contributed by atoms with E-state index in [9.17, 15) is 14.4 Å². The average molecular weight is 433 g/mol. The van der Waals surface area contributed by atoms with Gasteiger partial charge in [-0.2, -0.15) is 9.78 Å². The van der Waals surface area contributed by atoms with Gasteiger partial charge in [0.15, 0.2) is 5.69 Å². The van der Waals surface area contributed by atoms with Crippen LogP contribution in [0.15, 0.2) is 59.4 Å². The Hall–Kier alpha value is -3.48. The Bertz CT molecular complexity index is 1180. The van der Waals surface area contributed by atoms with Crippen molar-refractivity contribution in [3.63, 3.8) is 0 Å². The summed E-state index contributed by atoms with van der Waals surface area (Å²) in [6, 6.07) is 16.1. The Labute approximate surface area is 187 Å². The predicted octanol–water partition coefficient (Wildman–Crippen LogP) is 3.15. The minimum atomic E-state index is -0.308. The van der Waals surface area contributed by atoms with Gasteiger partial charge in [0.05, 0.1) is 11.1 Å². The number of rotatable bonds is 5. The van der Waals surface area contributed by atoms with Crippen LogP contribution in [0.3, 0.4) is 0 Å². The molecule has 2 heterocycles. The summed E-state index contributed by atoms with van der Waals surface area (Å²) >= 11 is 0. The SMILES string of the molecule is CC(C)CC(=O)N1CCC(NC(=O)c2nn(-c3ccccc3)c(=O)c3ccccc23)CC1. The number of hydrogen-bond acceptors (Lipinski definition) is 4. The molecule has 166 valence electrons. The van der Waals surface area contributed by atoms with Crippen LogP contribution in [-0.2, 0) is 4.79 Å². The number of carbonyl (C=O) groups excluding carboxylic acids is 2. The predicted molar refractivity (Wildman–Crippen MR) is 124 cm³/mol. The number of likely N-dealkylation sites (tertiary alicyclic amines) is 1. The third-order valence-corrected chi connectivity index (χ3v) is 5.79. The van der Waals surface area contributed by atoms with Crippen molar-refractivity contribution in [2.45, 2.75) is 39.2 Å². The third kappa shape index (κ3) is 4.56. The quantitative estimate of drug-likeness (QED) is 0.671. The molecular weight excluding hydrogens is 404 g/mol. The molecule has 3 aromatic rings.